The molecule has 1 N–H and O–H groups in total. The zero-order valence-electron chi connectivity index (χ0n) is 9.40. The van der Waals surface area contributed by atoms with Gasteiger partial charge in [-0.15, -0.1) is 0 Å². The zero-order valence-corrected chi connectivity index (χ0v) is 9.40. The van der Waals surface area contributed by atoms with Crippen LogP contribution in [0.4, 0.5) is 0 Å². The molecule has 0 saturated heterocycles. The smallest absolute Gasteiger partial charge is 0.160 e. The molecule has 2 aromatic carbocycles. The number of benzene rings is 2. The summed E-state index contributed by atoms with van der Waals surface area (Å²) in [5.41, 5.74) is 4.32. The van der Waals surface area contributed by atoms with Crippen LogP contribution in [0, 0.1) is 11.3 Å². The summed E-state index contributed by atoms with van der Waals surface area (Å²) in [5, 5.41) is 11.0. The van der Waals surface area contributed by atoms with E-state index < -0.39 is 0 Å². The minimum Gasteiger partial charge on any atom is -0.454 e. The maximum absolute atomic E-state index is 8.96. The predicted molar refractivity (Wildman–Crippen MR) is 70.3 cm³/mol. The number of para-hydroxylation sites is 1. The lowest BCUT2D eigenvalue weighted by Crippen LogP contribution is -1.73. The molecule has 2 heterocycles. The molecule has 0 saturated carbocycles. The van der Waals surface area contributed by atoms with Crippen molar-refractivity contribution in [2.75, 3.05) is 0 Å². The van der Waals surface area contributed by atoms with E-state index in [1.54, 1.807) is 6.07 Å². The number of H-pyrrole nitrogens is 1. The molecular formula is C15H8N2O. The Bertz CT molecular complexity index is 938. The lowest BCUT2D eigenvalue weighted by Gasteiger charge is -1.90. The first-order valence-electron chi connectivity index (χ1n) is 5.70. The summed E-state index contributed by atoms with van der Waals surface area (Å²) in [5.74, 6) is 0. The van der Waals surface area contributed by atoms with Gasteiger partial charge in [0.05, 0.1) is 17.1 Å². The van der Waals surface area contributed by atoms with Crippen molar-refractivity contribution in [2.45, 2.75) is 0 Å². The van der Waals surface area contributed by atoms with E-state index in [9.17, 15) is 0 Å². The van der Waals surface area contributed by atoms with Gasteiger partial charge < -0.3 is 9.40 Å². The SMILES string of the molecule is N#Cc1ccc2oc3c4ccccc4[nH]c3c2c1. The second-order valence-corrected chi connectivity index (χ2v) is 4.30. The molecule has 4 aromatic rings. The largest absolute Gasteiger partial charge is 0.454 e. The van der Waals surface area contributed by atoms with E-state index in [0.29, 0.717) is 5.56 Å². The Morgan fingerprint density at radius 3 is 2.83 bits per heavy atom. The van der Waals surface area contributed by atoms with Gasteiger partial charge in [-0.05, 0) is 30.3 Å². The molecule has 0 unspecified atom stereocenters. The first-order chi connectivity index (χ1) is 8.86. The van der Waals surface area contributed by atoms with E-state index in [1.807, 2.05) is 36.4 Å². The molecule has 0 aliphatic heterocycles. The molecule has 0 atom stereocenters. The number of aromatic nitrogens is 1. The molecule has 0 amide bonds. The van der Waals surface area contributed by atoms with Crippen LogP contribution < -0.4 is 0 Å². The van der Waals surface area contributed by atoms with Gasteiger partial charge in [-0.3, -0.25) is 0 Å². The Morgan fingerprint density at radius 2 is 1.94 bits per heavy atom. The molecule has 0 bridgehead atoms. The maximum atomic E-state index is 8.96. The van der Waals surface area contributed by atoms with Crippen LogP contribution in [0.15, 0.2) is 46.9 Å². The topological polar surface area (TPSA) is 52.7 Å². The molecule has 84 valence electrons. The molecular weight excluding hydrogens is 224 g/mol. The van der Waals surface area contributed by atoms with E-state index in [1.165, 1.54) is 0 Å². The van der Waals surface area contributed by atoms with Crippen LogP contribution in [-0.2, 0) is 0 Å². The molecule has 0 spiro atoms. The fourth-order valence-electron chi connectivity index (χ4n) is 2.41. The van der Waals surface area contributed by atoms with Gasteiger partial charge in [0.1, 0.15) is 5.58 Å². The summed E-state index contributed by atoms with van der Waals surface area (Å²) in [6.45, 7) is 0. The number of aromatic amines is 1. The fourth-order valence-corrected chi connectivity index (χ4v) is 2.41. The number of furan rings is 1. The quantitative estimate of drug-likeness (QED) is 0.499. The predicted octanol–water partition coefficient (Wildman–Crippen LogP) is 3.94. The van der Waals surface area contributed by atoms with Crippen molar-refractivity contribution < 1.29 is 4.42 Å². The number of hydrogen-bond acceptors (Lipinski definition) is 2. The Kier molecular flexibility index (Phi) is 1.63. The average Bonchev–Trinajstić information content (AvgIpc) is 2.94. The summed E-state index contributed by atoms with van der Waals surface area (Å²) >= 11 is 0. The fraction of sp³-hybridized carbons (Fsp3) is 0. The summed E-state index contributed by atoms with van der Waals surface area (Å²) in [6, 6.07) is 15.6. The van der Waals surface area contributed by atoms with Crippen LogP contribution in [0.25, 0.3) is 33.0 Å². The lowest BCUT2D eigenvalue weighted by atomic mass is 10.1. The van der Waals surface area contributed by atoms with E-state index in [4.69, 9.17) is 9.68 Å². The minimum absolute atomic E-state index is 0.642. The third-order valence-corrected chi connectivity index (χ3v) is 3.25. The Labute approximate surface area is 102 Å². The van der Waals surface area contributed by atoms with E-state index in [2.05, 4.69) is 11.1 Å². The van der Waals surface area contributed by atoms with Gasteiger partial charge in [0.2, 0.25) is 0 Å². The third kappa shape index (κ3) is 1.07. The van der Waals surface area contributed by atoms with Crippen LogP contribution in [0.5, 0.6) is 0 Å². The lowest BCUT2D eigenvalue weighted by molar-refractivity contribution is 0.673. The normalized spacial score (nSPS) is 11.3. The molecule has 4 rings (SSSR count). The molecule has 0 radical (unpaired) electrons. The van der Waals surface area contributed by atoms with Crippen molar-refractivity contribution in [1.82, 2.24) is 4.98 Å². The standard InChI is InChI=1S/C15H8N2O/c16-8-9-5-6-13-11(7-9)14-15(18-13)10-3-1-2-4-12(10)17-14/h1-7,17H. The zero-order chi connectivity index (χ0) is 12.1. The van der Waals surface area contributed by atoms with Gasteiger partial charge in [0, 0.05) is 16.3 Å². The number of hydrogen-bond donors (Lipinski definition) is 1. The molecule has 3 nitrogen and oxygen atoms in total. The number of nitrogens with zero attached hydrogens (tertiary/aromatic N) is 1. The van der Waals surface area contributed by atoms with Gasteiger partial charge in [0.25, 0.3) is 0 Å². The van der Waals surface area contributed by atoms with Crippen LogP contribution in [0.2, 0.25) is 0 Å². The highest BCUT2D eigenvalue weighted by Crippen LogP contribution is 2.34. The van der Waals surface area contributed by atoms with Gasteiger partial charge in [-0.2, -0.15) is 5.26 Å². The molecule has 0 fully saturated rings. The van der Waals surface area contributed by atoms with Crippen molar-refractivity contribution in [2.24, 2.45) is 0 Å². The number of nitriles is 1. The summed E-state index contributed by atoms with van der Waals surface area (Å²) in [6.07, 6.45) is 0. The van der Waals surface area contributed by atoms with Gasteiger partial charge in [-0.25, -0.2) is 0 Å². The van der Waals surface area contributed by atoms with Crippen LogP contribution in [-0.4, -0.2) is 4.98 Å². The van der Waals surface area contributed by atoms with Crippen molar-refractivity contribution in [3.05, 3.63) is 48.0 Å². The van der Waals surface area contributed by atoms with Crippen molar-refractivity contribution in [3.8, 4) is 6.07 Å². The van der Waals surface area contributed by atoms with Crippen LogP contribution in [0.1, 0.15) is 5.56 Å². The number of nitrogens with one attached hydrogen (secondary N) is 1. The Morgan fingerprint density at radius 1 is 1.06 bits per heavy atom. The molecule has 3 heteroatoms. The highest BCUT2D eigenvalue weighted by atomic mass is 16.3. The van der Waals surface area contributed by atoms with E-state index in [0.717, 1.165) is 33.0 Å². The maximum Gasteiger partial charge on any atom is 0.160 e. The van der Waals surface area contributed by atoms with Gasteiger partial charge in [0.15, 0.2) is 5.58 Å². The second-order valence-electron chi connectivity index (χ2n) is 4.30. The molecule has 0 aliphatic carbocycles. The summed E-state index contributed by atoms with van der Waals surface area (Å²) in [7, 11) is 0. The first kappa shape index (κ1) is 9.32. The monoisotopic (exact) mass is 232 g/mol. The molecule has 2 aromatic heterocycles. The number of fused-ring (bicyclic) bond motifs is 5. The highest BCUT2D eigenvalue weighted by molar-refractivity contribution is 6.14. The van der Waals surface area contributed by atoms with E-state index >= 15 is 0 Å². The third-order valence-electron chi connectivity index (χ3n) is 3.25. The minimum atomic E-state index is 0.642. The molecule has 0 aliphatic rings. The van der Waals surface area contributed by atoms with Crippen LogP contribution in [0.3, 0.4) is 0 Å². The summed E-state index contributed by atoms with van der Waals surface area (Å²) in [4.78, 5) is 3.35. The van der Waals surface area contributed by atoms with E-state index in [-0.39, 0.29) is 0 Å². The molecule has 18 heavy (non-hydrogen) atoms. The van der Waals surface area contributed by atoms with Crippen LogP contribution >= 0.6 is 0 Å². The highest BCUT2D eigenvalue weighted by Gasteiger charge is 2.12. The summed E-state index contributed by atoms with van der Waals surface area (Å²) < 4.78 is 5.86. The van der Waals surface area contributed by atoms with Crippen molar-refractivity contribution in [3.63, 3.8) is 0 Å². The first-order valence-corrected chi connectivity index (χ1v) is 5.70. The van der Waals surface area contributed by atoms with Crippen molar-refractivity contribution in [1.29, 1.82) is 5.26 Å². The Balaban J connectivity index is 2.25. The Hall–Kier alpha value is -2.73. The van der Waals surface area contributed by atoms with Crippen molar-refractivity contribution >= 4 is 33.0 Å². The van der Waals surface area contributed by atoms with Gasteiger partial charge >= 0.3 is 0 Å². The van der Waals surface area contributed by atoms with Gasteiger partial charge in [-0.1, -0.05) is 12.1 Å². The average molecular weight is 232 g/mol. The second kappa shape index (κ2) is 3.14. The number of rotatable bonds is 0.